The molecule has 0 aliphatic carbocycles. The first-order valence-corrected chi connectivity index (χ1v) is 8.18. The van der Waals surface area contributed by atoms with Crippen LogP contribution in [0.25, 0.3) is 0 Å². The smallest absolute Gasteiger partial charge is 0.344 e. The number of carbonyl (C=O) groups is 2. The van der Waals surface area contributed by atoms with Gasteiger partial charge in [0.1, 0.15) is 5.75 Å². The van der Waals surface area contributed by atoms with Gasteiger partial charge in [-0.2, -0.15) is 0 Å². The van der Waals surface area contributed by atoms with Gasteiger partial charge in [-0.05, 0) is 37.3 Å². The van der Waals surface area contributed by atoms with Gasteiger partial charge >= 0.3 is 5.97 Å². The molecule has 2 aromatic rings. The largest absolute Gasteiger partial charge is 0.482 e. The molecule has 6 nitrogen and oxygen atoms in total. The van der Waals surface area contributed by atoms with Crippen LogP contribution in [-0.4, -0.2) is 29.6 Å². The highest BCUT2D eigenvalue weighted by Gasteiger charge is 2.19. The summed E-state index contributed by atoms with van der Waals surface area (Å²) in [5.74, 6) is -0.712. The fourth-order valence-corrected chi connectivity index (χ4v) is 2.24. The summed E-state index contributed by atoms with van der Waals surface area (Å²) in [7, 11) is 0. The molecule has 1 aromatic carbocycles. The minimum absolute atomic E-state index is 0.122. The molecule has 132 valence electrons. The molecule has 1 atom stereocenters. The zero-order valence-corrected chi connectivity index (χ0v) is 15.2. The van der Waals surface area contributed by atoms with Gasteiger partial charge in [0.05, 0.1) is 10.0 Å². The Balaban J connectivity index is 1.83. The third kappa shape index (κ3) is 6.08. The third-order valence-electron chi connectivity index (χ3n) is 2.90. The maximum atomic E-state index is 12.0. The number of carbonyl (C=O) groups excluding carboxylic acids is 2. The minimum atomic E-state index is -1.06. The van der Waals surface area contributed by atoms with E-state index in [4.69, 9.17) is 44.3 Å². The number of amides is 1. The molecule has 0 bridgehead atoms. The molecule has 1 heterocycles. The van der Waals surface area contributed by atoms with E-state index in [9.17, 15) is 9.59 Å². The number of nitrogens with one attached hydrogen (secondary N) is 1. The van der Waals surface area contributed by atoms with Crippen molar-refractivity contribution in [1.29, 1.82) is 0 Å². The monoisotopic (exact) mass is 402 g/mol. The van der Waals surface area contributed by atoms with E-state index in [1.807, 2.05) is 0 Å². The highest BCUT2D eigenvalue weighted by molar-refractivity contribution is 6.36. The Morgan fingerprint density at radius 2 is 1.84 bits per heavy atom. The SMILES string of the molecule is CC(OC(=O)COc1ccc(Cl)cc1)C(=O)Nc1ncc(Cl)cc1Cl. The third-order valence-corrected chi connectivity index (χ3v) is 3.64. The molecule has 0 fully saturated rings. The van der Waals surface area contributed by atoms with E-state index in [1.165, 1.54) is 19.2 Å². The average Bonchev–Trinajstić information content (AvgIpc) is 2.56. The zero-order chi connectivity index (χ0) is 18.4. The number of benzene rings is 1. The lowest BCUT2D eigenvalue weighted by Crippen LogP contribution is -2.32. The van der Waals surface area contributed by atoms with E-state index in [2.05, 4.69) is 10.3 Å². The number of ether oxygens (including phenoxy) is 2. The summed E-state index contributed by atoms with van der Waals surface area (Å²) in [6.45, 7) is 1.07. The van der Waals surface area contributed by atoms with Crippen LogP contribution in [0, 0.1) is 0 Å². The molecule has 0 saturated carbocycles. The van der Waals surface area contributed by atoms with Crippen LogP contribution in [0.15, 0.2) is 36.5 Å². The van der Waals surface area contributed by atoms with Crippen LogP contribution in [-0.2, 0) is 14.3 Å². The van der Waals surface area contributed by atoms with Crippen LogP contribution in [0.1, 0.15) is 6.92 Å². The summed E-state index contributed by atoms with van der Waals surface area (Å²) in [4.78, 5) is 27.7. The first kappa shape index (κ1) is 19.3. The second kappa shape index (κ2) is 8.89. The van der Waals surface area contributed by atoms with E-state index >= 15 is 0 Å². The lowest BCUT2D eigenvalue weighted by Gasteiger charge is -2.14. The quantitative estimate of drug-likeness (QED) is 0.738. The van der Waals surface area contributed by atoms with E-state index in [1.54, 1.807) is 24.3 Å². The fraction of sp³-hybridized carbons (Fsp3) is 0.188. The Labute approximate surface area is 159 Å². The van der Waals surface area contributed by atoms with Crippen molar-refractivity contribution in [2.45, 2.75) is 13.0 Å². The number of anilines is 1. The molecule has 1 aromatic heterocycles. The number of nitrogens with zero attached hydrogens (tertiary/aromatic N) is 1. The first-order chi connectivity index (χ1) is 11.8. The Morgan fingerprint density at radius 3 is 2.48 bits per heavy atom. The maximum absolute atomic E-state index is 12.0. The first-order valence-electron chi connectivity index (χ1n) is 7.05. The predicted octanol–water partition coefficient (Wildman–Crippen LogP) is 3.99. The van der Waals surface area contributed by atoms with Crippen molar-refractivity contribution in [1.82, 2.24) is 4.98 Å². The summed E-state index contributed by atoms with van der Waals surface area (Å²) in [5, 5.41) is 3.51. The molecule has 0 spiro atoms. The van der Waals surface area contributed by atoms with Crippen LogP contribution in [0.2, 0.25) is 15.1 Å². The molecular weight excluding hydrogens is 391 g/mol. The molecular formula is C16H13Cl3N2O4. The summed E-state index contributed by atoms with van der Waals surface area (Å²) < 4.78 is 10.2. The highest BCUT2D eigenvalue weighted by atomic mass is 35.5. The summed E-state index contributed by atoms with van der Waals surface area (Å²) in [5.41, 5.74) is 0. The number of halogens is 3. The van der Waals surface area contributed by atoms with Crippen molar-refractivity contribution < 1.29 is 19.1 Å². The van der Waals surface area contributed by atoms with Gasteiger partial charge in [-0.15, -0.1) is 0 Å². The lowest BCUT2D eigenvalue weighted by molar-refractivity contribution is -0.155. The Bertz CT molecular complexity index is 768. The van der Waals surface area contributed by atoms with E-state index in [-0.39, 0.29) is 17.4 Å². The van der Waals surface area contributed by atoms with Gasteiger partial charge in [-0.3, -0.25) is 4.79 Å². The van der Waals surface area contributed by atoms with Crippen molar-refractivity contribution in [3.8, 4) is 5.75 Å². The summed E-state index contributed by atoms with van der Waals surface area (Å²) >= 11 is 17.4. The van der Waals surface area contributed by atoms with Gasteiger partial charge in [0.25, 0.3) is 5.91 Å². The predicted molar refractivity (Wildman–Crippen MR) is 95.4 cm³/mol. The second-order valence-electron chi connectivity index (χ2n) is 4.85. The lowest BCUT2D eigenvalue weighted by atomic mass is 10.3. The highest BCUT2D eigenvalue weighted by Crippen LogP contribution is 2.22. The molecule has 0 aliphatic heterocycles. The number of esters is 1. The minimum Gasteiger partial charge on any atom is -0.482 e. The molecule has 1 unspecified atom stereocenters. The molecule has 1 amide bonds. The topological polar surface area (TPSA) is 77.5 Å². The van der Waals surface area contributed by atoms with Crippen molar-refractivity contribution in [3.63, 3.8) is 0 Å². The van der Waals surface area contributed by atoms with Crippen molar-refractivity contribution >= 4 is 52.5 Å². The molecule has 0 saturated heterocycles. The fourth-order valence-electron chi connectivity index (χ4n) is 1.68. The van der Waals surface area contributed by atoms with E-state index in [0.717, 1.165) is 0 Å². The molecule has 9 heteroatoms. The van der Waals surface area contributed by atoms with Crippen molar-refractivity contribution in [2.24, 2.45) is 0 Å². The maximum Gasteiger partial charge on any atom is 0.344 e. The van der Waals surface area contributed by atoms with Crippen LogP contribution in [0.5, 0.6) is 5.75 Å². The van der Waals surface area contributed by atoms with Crippen LogP contribution in [0.3, 0.4) is 0 Å². The Morgan fingerprint density at radius 1 is 1.16 bits per heavy atom. The number of rotatable bonds is 6. The number of hydrogen-bond donors (Lipinski definition) is 1. The zero-order valence-electron chi connectivity index (χ0n) is 13.0. The standard InChI is InChI=1S/C16H13Cl3N2O4/c1-9(16(23)21-15-13(19)6-11(18)7-20-15)25-14(22)8-24-12-4-2-10(17)3-5-12/h2-7,9H,8H2,1H3,(H,20,21,23). The van der Waals surface area contributed by atoms with Gasteiger partial charge in [0, 0.05) is 11.2 Å². The van der Waals surface area contributed by atoms with Crippen LogP contribution in [0.4, 0.5) is 5.82 Å². The number of pyridine rings is 1. The normalized spacial score (nSPS) is 11.5. The van der Waals surface area contributed by atoms with Gasteiger partial charge in [-0.25, -0.2) is 9.78 Å². The van der Waals surface area contributed by atoms with Gasteiger partial charge in [0.2, 0.25) is 0 Å². The molecule has 1 N–H and O–H groups in total. The Kier molecular flexibility index (Phi) is 6.87. The van der Waals surface area contributed by atoms with Gasteiger partial charge < -0.3 is 14.8 Å². The molecule has 0 aliphatic rings. The second-order valence-corrected chi connectivity index (χ2v) is 6.13. The van der Waals surface area contributed by atoms with Gasteiger partial charge in [0.15, 0.2) is 18.5 Å². The average molecular weight is 404 g/mol. The summed E-state index contributed by atoms with van der Waals surface area (Å²) in [6, 6.07) is 7.91. The van der Waals surface area contributed by atoms with Gasteiger partial charge in [-0.1, -0.05) is 34.8 Å². The number of hydrogen-bond acceptors (Lipinski definition) is 5. The van der Waals surface area contributed by atoms with E-state index in [0.29, 0.717) is 15.8 Å². The van der Waals surface area contributed by atoms with Crippen LogP contribution < -0.4 is 10.1 Å². The number of aromatic nitrogens is 1. The molecule has 0 radical (unpaired) electrons. The van der Waals surface area contributed by atoms with E-state index < -0.39 is 18.0 Å². The van der Waals surface area contributed by atoms with Crippen molar-refractivity contribution in [3.05, 3.63) is 51.6 Å². The van der Waals surface area contributed by atoms with Crippen LogP contribution >= 0.6 is 34.8 Å². The summed E-state index contributed by atoms with van der Waals surface area (Å²) in [6.07, 6.45) is 0.273. The van der Waals surface area contributed by atoms with Crippen molar-refractivity contribution in [2.75, 3.05) is 11.9 Å². The Hall–Kier alpha value is -2.02. The molecule has 2 rings (SSSR count). The molecule has 25 heavy (non-hydrogen) atoms.